The van der Waals surface area contributed by atoms with E-state index in [1.165, 1.54) is 23.7 Å². The summed E-state index contributed by atoms with van der Waals surface area (Å²) in [6, 6.07) is 4.53. The summed E-state index contributed by atoms with van der Waals surface area (Å²) in [7, 11) is 0. The minimum atomic E-state index is -1.29. The first-order valence-corrected chi connectivity index (χ1v) is 8.97. The highest BCUT2D eigenvalue weighted by Gasteiger charge is 2.30. The van der Waals surface area contributed by atoms with Crippen LogP contribution in [0.5, 0.6) is 0 Å². The van der Waals surface area contributed by atoms with Gasteiger partial charge >= 0.3 is 5.97 Å². The molecular formula is C19H17F2N5O3. The van der Waals surface area contributed by atoms with Crippen LogP contribution < -0.4 is 10.2 Å². The average molecular weight is 401 g/mol. The lowest BCUT2D eigenvalue weighted by Crippen LogP contribution is -2.24. The third-order valence-corrected chi connectivity index (χ3v) is 4.84. The molecule has 0 aliphatic carbocycles. The predicted molar refractivity (Wildman–Crippen MR) is 99.9 cm³/mol. The van der Waals surface area contributed by atoms with E-state index in [2.05, 4.69) is 15.4 Å². The van der Waals surface area contributed by atoms with Crippen LogP contribution in [0.3, 0.4) is 0 Å². The Morgan fingerprint density at radius 1 is 1.28 bits per heavy atom. The van der Waals surface area contributed by atoms with Crippen molar-refractivity contribution in [2.75, 3.05) is 16.8 Å². The number of carbonyl (C=O) groups excluding carboxylic acids is 1. The van der Waals surface area contributed by atoms with Crippen molar-refractivity contribution >= 4 is 29.2 Å². The highest BCUT2D eigenvalue weighted by Crippen LogP contribution is 2.37. The molecule has 0 bridgehead atoms. The Hall–Kier alpha value is -3.56. The number of nitrogens with one attached hydrogen (secondary N) is 1. The maximum atomic E-state index is 14.3. The molecule has 1 aliphatic rings. The van der Waals surface area contributed by atoms with E-state index in [0.29, 0.717) is 18.8 Å². The molecule has 0 spiro atoms. The van der Waals surface area contributed by atoms with Gasteiger partial charge in [0, 0.05) is 25.2 Å². The molecule has 1 aromatic carbocycles. The standard InChI is InChI=1S/C19H17F2N5O3/c1-10(27)22-17-16(19(28)29)18-23-15(6-8-26(18)24-17)25-7-2-3-14(25)12-9-11(20)4-5-13(12)21/h4-6,8-9,14H,2-3,7H2,1H3,(H,28,29)(H,22,24,27). The van der Waals surface area contributed by atoms with E-state index in [-0.39, 0.29) is 22.6 Å². The van der Waals surface area contributed by atoms with Crippen molar-refractivity contribution in [3.05, 3.63) is 53.2 Å². The highest BCUT2D eigenvalue weighted by atomic mass is 19.1. The number of nitrogens with zero attached hydrogens (tertiary/aromatic N) is 4. The third kappa shape index (κ3) is 3.37. The lowest BCUT2D eigenvalue weighted by atomic mass is 10.0. The van der Waals surface area contributed by atoms with Gasteiger partial charge in [-0.1, -0.05) is 0 Å². The molecule has 1 saturated heterocycles. The normalized spacial score (nSPS) is 16.4. The zero-order valence-corrected chi connectivity index (χ0v) is 15.4. The fraction of sp³-hybridized carbons (Fsp3) is 0.263. The minimum Gasteiger partial charge on any atom is -0.477 e. The second-order valence-corrected chi connectivity index (χ2v) is 6.78. The van der Waals surface area contributed by atoms with Crippen LogP contribution in [0.4, 0.5) is 20.4 Å². The van der Waals surface area contributed by atoms with Crippen LogP contribution in [0.25, 0.3) is 5.65 Å². The van der Waals surface area contributed by atoms with Crippen molar-refractivity contribution in [2.24, 2.45) is 0 Å². The van der Waals surface area contributed by atoms with E-state index in [1.807, 2.05) is 4.90 Å². The second-order valence-electron chi connectivity index (χ2n) is 6.78. The number of hydrogen-bond donors (Lipinski definition) is 2. The van der Waals surface area contributed by atoms with E-state index < -0.39 is 29.6 Å². The quantitative estimate of drug-likeness (QED) is 0.697. The molecule has 1 atom stereocenters. The van der Waals surface area contributed by atoms with Crippen LogP contribution in [0.2, 0.25) is 0 Å². The fourth-order valence-electron chi connectivity index (χ4n) is 3.67. The summed E-state index contributed by atoms with van der Waals surface area (Å²) in [6.45, 7) is 1.80. The Bertz CT molecular complexity index is 1130. The zero-order valence-electron chi connectivity index (χ0n) is 15.4. The van der Waals surface area contributed by atoms with E-state index >= 15 is 0 Å². The van der Waals surface area contributed by atoms with Crippen LogP contribution in [0.1, 0.15) is 41.7 Å². The van der Waals surface area contributed by atoms with Gasteiger partial charge in [-0.3, -0.25) is 4.79 Å². The van der Waals surface area contributed by atoms with Gasteiger partial charge in [-0.15, -0.1) is 5.10 Å². The summed E-state index contributed by atoms with van der Waals surface area (Å²) in [5, 5.41) is 16.0. The van der Waals surface area contributed by atoms with Crippen molar-refractivity contribution in [2.45, 2.75) is 25.8 Å². The third-order valence-electron chi connectivity index (χ3n) is 4.84. The molecule has 8 nitrogen and oxygen atoms in total. The molecule has 4 rings (SSSR count). The Balaban J connectivity index is 1.79. The Morgan fingerprint density at radius 2 is 2.07 bits per heavy atom. The highest BCUT2D eigenvalue weighted by molar-refractivity contribution is 6.03. The van der Waals surface area contributed by atoms with Crippen molar-refractivity contribution in [1.29, 1.82) is 0 Å². The molecule has 3 heterocycles. The van der Waals surface area contributed by atoms with Crippen molar-refractivity contribution in [1.82, 2.24) is 14.6 Å². The lowest BCUT2D eigenvalue weighted by molar-refractivity contribution is -0.114. The second kappa shape index (κ2) is 7.12. The van der Waals surface area contributed by atoms with Crippen molar-refractivity contribution in [3.63, 3.8) is 0 Å². The largest absolute Gasteiger partial charge is 0.477 e. The van der Waals surface area contributed by atoms with Gasteiger partial charge in [0.05, 0.1) is 6.04 Å². The number of benzene rings is 1. The number of carboxylic acid groups (broad SMARTS) is 1. The molecule has 1 aliphatic heterocycles. The number of amides is 1. The molecule has 0 saturated carbocycles. The molecule has 3 aromatic rings. The fourth-order valence-corrected chi connectivity index (χ4v) is 3.67. The molecule has 29 heavy (non-hydrogen) atoms. The van der Waals surface area contributed by atoms with Crippen LogP contribution in [0, 0.1) is 11.6 Å². The molecule has 1 unspecified atom stereocenters. The van der Waals surface area contributed by atoms with Crippen LogP contribution in [-0.2, 0) is 4.79 Å². The number of carbonyl (C=O) groups is 2. The lowest BCUT2D eigenvalue weighted by Gasteiger charge is -2.26. The van der Waals surface area contributed by atoms with E-state index in [1.54, 1.807) is 6.07 Å². The van der Waals surface area contributed by atoms with Gasteiger partial charge in [0.15, 0.2) is 11.5 Å². The monoisotopic (exact) mass is 401 g/mol. The van der Waals surface area contributed by atoms with Crippen LogP contribution in [0.15, 0.2) is 30.5 Å². The molecule has 2 aromatic heterocycles. The summed E-state index contributed by atoms with van der Waals surface area (Å²) in [6.07, 6.45) is 2.87. The van der Waals surface area contributed by atoms with Crippen LogP contribution in [-0.4, -0.2) is 38.1 Å². The Morgan fingerprint density at radius 3 is 2.79 bits per heavy atom. The summed E-state index contributed by atoms with van der Waals surface area (Å²) in [5.74, 6) is -2.47. The van der Waals surface area contributed by atoms with E-state index in [0.717, 1.165) is 18.6 Å². The maximum absolute atomic E-state index is 14.3. The zero-order chi connectivity index (χ0) is 20.7. The van der Waals surface area contributed by atoms with Crippen molar-refractivity contribution < 1.29 is 23.5 Å². The van der Waals surface area contributed by atoms with Gasteiger partial charge in [-0.2, -0.15) is 0 Å². The van der Waals surface area contributed by atoms with Gasteiger partial charge < -0.3 is 15.3 Å². The summed E-state index contributed by atoms with van der Waals surface area (Å²) < 4.78 is 29.2. The Kier molecular flexibility index (Phi) is 4.61. The number of halogens is 2. The molecular weight excluding hydrogens is 384 g/mol. The van der Waals surface area contributed by atoms with Gasteiger partial charge in [0.1, 0.15) is 23.0 Å². The van der Waals surface area contributed by atoms with E-state index in [9.17, 15) is 23.5 Å². The van der Waals surface area contributed by atoms with E-state index in [4.69, 9.17) is 0 Å². The smallest absolute Gasteiger partial charge is 0.343 e. The molecule has 10 heteroatoms. The molecule has 1 amide bonds. The predicted octanol–water partition coefficient (Wildman–Crippen LogP) is 3.01. The molecule has 150 valence electrons. The van der Waals surface area contributed by atoms with Gasteiger partial charge in [-0.25, -0.2) is 23.1 Å². The summed E-state index contributed by atoms with van der Waals surface area (Å²) in [4.78, 5) is 29.3. The SMILES string of the molecule is CC(=O)Nc1nn2ccc(N3CCCC3c3cc(F)ccc3F)nc2c1C(=O)O. The summed E-state index contributed by atoms with van der Waals surface area (Å²) >= 11 is 0. The number of rotatable bonds is 4. The molecule has 2 N–H and O–H groups in total. The maximum Gasteiger partial charge on any atom is 0.343 e. The van der Waals surface area contributed by atoms with Gasteiger partial charge in [-0.05, 0) is 37.1 Å². The number of aromatic carboxylic acids is 1. The number of fused-ring (bicyclic) bond motifs is 1. The first-order chi connectivity index (χ1) is 13.8. The van der Waals surface area contributed by atoms with Crippen LogP contribution >= 0.6 is 0 Å². The molecule has 0 radical (unpaired) electrons. The minimum absolute atomic E-state index is 0.0455. The topological polar surface area (TPSA) is 99.8 Å². The number of hydrogen-bond acceptors (Lipinski definition) is 5. The van der Waals surface area contributed by atoms with Gasteiger partial charge in [0.25, 0.3) is 0 Å². The number of carboxylic acids is 1. The number of aromatic nitrogens is 3. The first kappa shape index (κ1) is 18.8. The van der Waals surface area contributed by atoms with Gasteiger partial charge in [0.2, 0.25) is 5.91 Å². The summed E-state index contributed by atoms with van der Waals surface area (Å²) in [5.41, 5.74) is 0.0360. The Labute approximate surface area is 163 Å². The molecule has 1 fully saturated rings. The van der Waals surface area contributed by atoms with Crippen molar-refractivity contribution in [3.8, 4) is 0 Å². The number of anilines is 2. The first-order valence-electron chi connectivity index (χ1n) is 8.97. The average Bonchev–Trinajstić information content (AvgIpc) is 3.26.